The van der Waals surface area contributed by atoms with Crippen molar-refractivity contribution in [3.63, 3.8) is 0 Å². The average Bonchev–Trinajstić information content (AvgIpc) is 2.47. The lowest BCUT2D eigenvalue weighted by molar-refractivity contribution is 0.270. The van der Waals surface area contributed by atoms with Gasteiger partial charge in [0.2, 0.25) is 0 Å². The molecular formula is C16H19NO2. The first-order valence-corrected chi connectivity index (χ1v) is 6.43. The van der Waals surface area contributed by atoms with E-state index in [2.05, 4.69) is 0 Å². The molecule has 0 spiro atoms. The molecule has 19 heavy (non-hydrogen) atoms. The molecule has 0 radical (unpaired) electrons. The van der Waals surface area contributed by atoms with E-state index in [-0.39, 0.29) is 12.6 Å². The Bertz CT molecular complexity index is 499. The zero-order valence-corrected chi connectivity index (χ0v) is 10.8. The minimum absolute atomic E-state index is 0.0776. The van der Waals surface area contributed by atoms with Gasteiger partial charge in [-0.15, -0.1) is 0 Å². The highest BCUT2D eigenvalue weighted by Gasteiger charge is 2.11. The van der Waals surface area contributed by atoms with Crippen molar-refractivity contribution in [1.29, 1.82) is 0 Å². The van der Waals surface area contributed by atoms with Crippen molar-refractivity contribution in [2.75, 3.05) is 6.61 Å². The monoisotopic (exact) mass is 257 g/mol. The van der Waals surface area contributed by atoms with Crippen LogP contribution in [0.1, 0.15) is 23.6 Å². The average molecular weight is 257 g/mol. The highest BCUT2D eigenvalue weighted by Crippen LogP contribution is 2.26. The maximum absolute atomic E-state index is 8.98. The van der Waals surface area contributed by atoms with Gasteiger partial charge in [-0.05, 0) is 18.1 Å². The van der Waals surface area contributed by atoms with Gasteiger partial charge >= 0.3 is 0 Å². The van der Waals surface area contributed by atoms with Crippen molar-refractivity contribution >= 4 is 0 Å². The van der Waals surface area contributed by atoms with Crippen LogP contribution in [0.25, 0.3) is 0 Å². The van der Waals surface area contributed by atoms with E-state index in [1.807, 2.05) is 54.6 Å². The summed E-state index contributed by atoms with van der Waals surface area (Å²) in [6.45, 7) is 0.595. The maximum Gasteiger partial charge on any atom is 0.124 e. The molecule has 0 aliphatic heterocycles. The fourth-order valence-electron chi connectivity index (χ4n) is 1.95. The number of benzene rings is 2. The van der Waals surface area contributed by atoms with Crippen molar-refractivity contribution in [1.82, 2.24) is 0 Å². The number of aliphatic hydroxyl groups excluding tert-OH is 1. The molecule has 0 saturated heterocycles. The predicted molar refractivity (Wildman–Crippen MR) is 75.8 cm³/mol. The third-order valence-electron chi connectivity index (χ3n) is 3.00. The highest BCUT2D eigenvalue weighted by atomic mass is 16.5. The minimum atomic E-state index is -0.197. The summed E-state index contributed by atoms with van der Waals surface area (Å²) in [6.07, 6.45) is 0.533. The van der Waals surface area contributed by atoms with E-state index in [4.69, 9.17) is 15.6 Å². The lowest BCUT2D eigenvalue weighted by Crippen LogP contribution is -2.13. The number of aliphatic hydroxyl groups is 1. The Morgan fingerprint density at radius 2 is 1.68 bits per heavy atom. The Morgan fingerprint density at radius 1 is 1.00 bits per heavy atom. The lowest BCUT2D eigenvalue weighted by atomic mass is 10.0. The Morgan fingerprint density at radius 3 is 2.42 bits per heavy atom. The molecule has 2 rings (SSSR count). The standard InChI is InChI=1S/C16H19NO2/c17-15(10-11-18)14-8-4-5-9-16(14)19-12-13-6-2-1-3-7-13/h1-9,15,18H,10-12,17H2/t15-/m1/s1. The molecule has 0 bridgehead atoms. The normalized spacial score (nSPS) is 12.1. The van der Waals surface area contributed by atoms with E-state index in [9.17, 15) is 0 Å². The molecular weight excluding hydrogens is 238 g/mol. The number of nitrogens with two attached hydrogens (primary N) is 1. The summed E-state index contributed by atoms with van der Waals surface area (Å²) in [5, 5.41) is 8.98. The van der Waals surface area contributed by atoms with Crippen LogP contribution in [0.15, 0.2) is 54.6 Å². The molecule has 0 aliphatic carbocycles. The first-order chi connectivity index (χ1) is 9.31. The first-order valence-electron chi connectivity index (χ1n) is 6.43. The summed E-state index contributed by atoms with van der Waals surface area (Å²) in [6, 6.07) is 17.5. The molecule has 0 aliphatic rings. The molecule has 0 heterocycles. The molecule has 3 heteroatoms. The second kappa shape index (κ2) is 6.92. The van der Waals surface area contributed by atoms with Crippen LogP contribution >= 0.6 is 0 Å². The first kappa shape index (κ1) is 13.6. The van der Waals surface area contributed by atoms with Crippen LogP contribution in [-0.4, -0.2) is 11.7 Å². The number of hydrogen-bond donors (Lipinski definition) is 2. The van der Waals surface area contributed by atoms with Crippen LogP contribution in [0.4, 0.5) is 0 Å². The molecule has 0 fully saturated rings. The van der Waals surface area contributed by atoms with Crippen LogP contribution in [0.5, 0.6) is 5.75 Å². The molecule has 0 saturated carbocycles. The van der Waals surface area contributed by atoms with Crippen LogP contribution < -0.4 is 10.5 Å². The summed E-state index contributed by atoms with van der Waals surface area (Å²) < 4.78 is 5.83. The van der Waals surface area contributed by atoms with Crippen molar-refractivity contribution in [3.05, 3.63) is 65.7 Å². The molecule has 3 nitrogen and oxygen atoms in total. The van der Waals surface area contributed by atoms with Gasteiger partial charge in [0.05, 0.1) is 0 Å². The smallest absolute Gasteiger partial charge is 0.124 e. The molecule has 100 valence electrons. The van der Waals surface area contributed by atoms with Gasteiger partial charge in [-0.2, -0.15) is 0 Å². The zero-order chi connectivity index (χ0) is 13.5. The van der Waals surface area contributed by atoms with Gasteiger partial charge in [-0.1, -0.05) is 48.5 Å². The largest absolute Gasteiger partial charge is 0.489 e. The third kappa shape index (κ3) is 3.81. The Balaban J connectivity index is 2.07. The summed E-state index contributed by atoms with van der Waals surface area (Å²) >= 11 is 0. The van der Waals surface area contributed by atoms with Crippen molar-refractivity contribution in [2.24, 2.45) is 5.73 Å². The van der Waals surface area contributed by atoms with E-state index >= 15 is 0 Å². The number of hydrogen-bond acceptors (Lipinski definition) is 3. The second-order valence-electron chi connectivity index (χ2n) is 4.43. The summed E-state index contributed by atoms with van der Waals surface area (Å²) in [5.74, 6) is 0.785. The predicted octanol–water partition coefficient (Wildman–Crippen LogP) is 2.65. The van der Waals surface area contributed by atoms with E-state index in [1.54, 1.807) is 0 Å². The van der Waals surface area contributed by atoms with Gasteiger partial charge < -0.3 is 15.6 Å². The van der Waals surface area contributed by atoms with Crippen LogP contribution in [0, 0.1) is 0 Å². The highest BCUT2D eigenvalue weighted by molar-refractivity contribution is 5.36. The van der Waals surface area contributed by atoms with Crippen LogP contribution in [0.2, 0.25) is 0 Å². The molecule has 2 aromatic rings. The number of para-hydroxylation sites is 1. The van der Waals surface area contributed by atoms with E-state index in [0.717, 1.165) is 16.9 Å². The molecule has 3 N–H and O–H groups in total. The van der Waals surface area contributed by atoms with Gasteiger partial charge in [0.15, 0.2) is 0 Å². The third-order valence-corrected chi connectivity index (χ3v) is 3.00. The fourth-order valence-corrected chi connectivity index (χ4v) is 1.95. The Hall–Kier alpha value is -1.84. The van der Waals surface area contributed by atoms with Gasteiger partial charge in [0, 0.05) is 18.2 Å². The van der Waals surface area contributed by atoms with Crippen LogP contribution in [-0.2, 0) is 6.61 Å². The molecule has 0 aromatic heterocycles. The fraction of sp³-hybridized carbons (Fsp3) is 0.250. The van der Waals surface area contributed by atoms with Crippen molar-refractivity contribution in [2.45, 2.75) is 19.1 Å². The Labute approximate surface area is 113 Å². The SMILES string of the molecule is N[C@H](CCO)c1ccccc1OCc1ccccc1. The second-order valence-corrected chi connectivity index (χ2v) is 4.43. The lowest BCUT2D eigenvalue weighted by Gasteiger charge is -2.16. The van der Waals surface area contributed by atoms with Crippen molar-refractivity contribution < 1.29 is 9.84 Å². The van der Waals surface area contributed by atoms with Crippen molar-refractivity contribution in [3.8, 4) is 5.75 Å². The van der Waals surface area contributed by atoms with Gasteiger partial charge in [0.1, 0.15) is 12.4 Å². The minimum Gasteiger partial charge on any atom is -0.489 e. The molecule has 2 aromatic carbocycles. The van der Waals surface area contributed by atoms with E-state index in [0.29, 0.717) is 13.0 Å². The van der Waals surface area contributed by atoms with Gasteiger partial charge in [-0.25, -0.2) is 0 Å². The summed E-state index contributed by atoms with van der Waals surface area (Å²) in [4.78, 5) is 0. The quantitative estimate of drug-likeness (QED) is 0.836. The molecule has 0 unspecified atom stereocenters. The Kier molecular flexibility index (Phi) is 4.95. The molecule has 1 atom stereocenters. The zero-order valence-electron chi connectivity index (χ0n) is 10.8. The number of ether oxygens (including phenoxy) is 1. The van der Waals surface area contributed by atoms with Gasteiger partial charge in [-0.3, -0.25) is 0 Å². The van der Waals surface area contributed by atoms with Crippen LogP contribution in [0.3, 0.4) is 0 Å². The summed E-state index contributed by atoms with van der Waals surface area (Å²) in [7, 11) is 0. The maximum atomic E-state index is 8.98. The number of rotatable bonds is 6. The van der Waals surface area contributed by atoms with E-state index in [1.165, 1.54) is 0 Å². The molecule has 0 amide bonds. The van der Waals surface area contributed by atoms with E-state index < -0.39 is 0 Å². The topological polar surface area (TPSA) is 55.5 Å². The summed E-state index contributed by atoms with van der Waals surface area (Å²) in [5.41, 5.74) is 8.09. The van der Waals surface area contributed by atoms with Gasteiger partial charge in [0.25, 0.3) is 0 Å².